The molecule has 1 aliphatic rings. The normalized spacial score (nSPS) is 21.8. The molecule has 24 heavy (non-hydrogen) atoms. The largest absolute Gasteiger partial charge is 0.390 e. The number of thioether (sulfide) groups is 2. The van der Waals surface area contributed by atoms with Gasteiger partial charge >= 0.3 is 0 Å². The minimum absolute atomic E-state index is 0.0300. The zero-order chi connectivity index (χ0) is 17.8. The highest BCUT2D eigenvalue weighted by Gasteiger charge is 2.40. The number of hydrogen-bond acceptors (Lipinski definition) is 6. The zero-order valence-electron chi connectivity index (χ0n) is 14.1. The Hall–Kier alpha value is -0.210. The lowest BCUT2D eigenvalue weighted by molar-refractivity contribution is 0.00393. The molecule has 1 aliphatic heterocycles. The molecule has 0 bridgehead atoms. The molecule has 2 rings (SSSR count). The van der Waals surface area contributed by atoms with Crippen LogP contribution in [0.1, 0.15) is 26.7 Å². The summed E-state index contributed by atoms with van der Waals surface area (Å²) in [5.74, 6) is 1.69. The Morgan fingerprint density at radius 3 is 2.33 bits per heavy atom. The summed E-state index contributed by atoms with van der Waals surface area (Å²) in [6.45, 7) is 3.76. The van der Waals surface area contributed by atoms with E-state index in [-0.39, 0.29) is 18.1 Å². The molecule has 0 spiro atoms. The third-order valence-corrected chi connectivity index (χ3v) is 9.54. The van der Waals surface area contributed by atoms with E-state index in [4.69, 9.17) is 0 Å². The van der Waals surface area contributed by atoms with Crippen LogP contribution in [0.15, 0.2) is 35.2 Å². The van der Waals surface area contributed by atoms with E-state index in [0.29, 0.717) is 4.90 Å². The molecule has 0 saturated carbocycles. The summed E-state index contributed by atoms with van der Waals surface area (Å²) in [5.41, 5.74) is 0. The van der Waals surface area contributed by atoms with Crippen molar-refractivity contribution in [2.45, 2.75) is 47.9 Å². The molecule has 1 aromatic carbocycles. The van der Waals surface area contributed by atoms with Crippen molar-refractivity contribution in [1.29, 1.82) is 0 Å². The smallest absolute Gasteiger partial charge is 0.178 e. The van der Waals surface area contributed by atoms with Crippen LogP contribution in [0.3, 0.4) is 0 Å². The van der Waals surface area contributed by atoms with Crippen molar-refractivity contribution < 1.29 is 18.6 Å². The highest BCUT2D eigenvalue weighted by Crippen LogP contribution is 2.45. The van der Waals surface area contributed by atoms with E-state index in [1.165, 1.54) is 0 Å². The van der Waals surface area contributed by atoms with Crippen LogP contribution in [-0.2, 0) is 9.84 Å². The fraction of sp³-hybridized carbons (Fsp3) is 0.647. The fourth-order valence-electron chi connectivity index (χ4n) is 2.88. The zero-order valence-corrected chi connectivity index (χ0v) is 16.5. The number of hydrogen-bond donors (Lipinski definition) is 2. The fourth-order valence-corrected chi connectivity index (χ4v) is 7.59. The summed E-state index contributed by atoms with van der Waals surface area (Å²) >= 11 is 3.35. The van der Waals surface area contributed by atoms with Gasteiger partial charge in [-0.15, -0.1) is 23.5 Å². The second kappa shape index (κ2) is 8.45. The molecule has 0 unspecified atom stereocenters. The Kier molecular flexibility index (Phi) is 7.08. The number of rotatable bonds is 7. The van der Waals surface area contributed by atoms with E-state index in [9.17, 15) is 18.6 Å². The van der Waals surface area contributed by atoms with E-state index in [1.54, 1.807) is 60.8 Å². The molecule has 1 heterocycles. The van der Waals surface area contributed by atoms with Gasteiger partial charge in [-0.1, -0.05) is 25.1 Å². The molecule has 0 aliphatic carbocycles. The number of aliphatic hydroxyl groups excluding tert-OH is 2. The maximum absolute atomic E-state index is 12.4. The Labute approximate surface area is 153 Å². The first-order chi connectivity index (χ1) is 11.2. The molecule has 4 nitrogen and oxygen atoms in total. The summed E-state index contributed by atoms with van der Waals surface area (Å²) in [5, 5.41) is 20.9. The maximum Gasteiger partial charge on any atom is 0.178 e. The number of sulfone groups is 1. The minimum Gasteiger partial charge on any atom is -0.390 e. The topological polar surface area (TPSA) is 74.6 Å². The molecule has 1 aromatic rings. The monoisotopic (exact) mass is 390 g/mol. The first-order valence-corrected chi connectivity index (χ1v) is 11.8. The van der Waals surface area contributed by atoms with Crippen molar-refractivity contribution in [3.05, 3.63) is 30.3 Å². The van der Waals surface area contributed by atoms with E-state index < -0.39 is 26.1 Å². The molecule has 1 fully saturated rings. The van der Waals surface area contributed by atoms with Gasteiger partial charge in [0.25, 0.3) is 0 Å². The Bertz CT molecular complexity index is 612. The van der Waals surface area contributed by atoms with Crippen molar-refractivity contribution in [2.24, 2.45) is 5.92 Å². The van der Waals surface area contributed by atoms with Crippen LogP contribution in [0.4, 0.5) is 0 Å². The molecule has 0 amide bonds. The highest BCUT2D eigenvalue weighted by molar-refractivity contribution is 8.18. The van der Waals surface area contributed by atoms with Crippen molar-refractivity contribution in [3.8, 4) is 0 Å². The molecule has 0 aromatic heterocycles. The van der Waals surface area contributed by atoms with Gasteiger partial charge in [0, 0.05) is 0 Å². The lowest BCUT2D eigenvalue weighted by atomic mass is 10.00. The third-order valence-electron chi connectivity index (χ3n) is 4.22. The average molecular weight is 391 g/mol. The van der Waals surface area contributed by atoms with Gasteiger partial charge in [-0.25, -0.2) is 8.42 Å². The van der Waals surface area contributed by atoms with Crippen molar-refractivity contribution in [3.63, 3.8) is 0 Å². The second-order valence-electron chi connectivity index (χ2n) is 6.51. The number of aliphatic hydroxyl groups is 2. The Morgan fingerprint density at radius 1 is 1.17 bits per heavy atom. The Morgan fingerprint density at radius 2 is 1.75 bits per heavy atom. The van der Waals surface area contributed by atoms with E-state index in [1.807, 2.05) is 6.92 Å². The SMILES string of the molecule is C[C@H](C[C@H](O)[C@@H](O)C1(C)SCCCS1)CS(=O)(=O)c1ccccc1. The quantitative estimate of drug-likeness (QED) is 0.746. The van der Waals surface area contributed by atoms with Crippen molar-refractivity contribution in [1.82, 2.24) is 0 Å². The third kappa shape index (κ3) is 5.14. The van der Waals surface area contributed by atoms with Gasteiger partial charge in [0.15, 0.2) is 9.84 Å². The van der Waals surface area contributed by atoms with Gasteiger partial charge in [0.1, 0.15) is 6.10 Å². The standard InChI is InChI=1S/C17H26O4S3/c1-13(12-24(20,21)14-7-4-3-5-8-14)11-15(18)16(19)17(2)22-9-6-10-23-17/h3-5,7-8,13,15-16,18-19H,6,9-12H2,1-2H3/t13-,15+,16-/m1/s1. The first kappa shape index (κ1) is 20.1. The van der Waals surface area contributed by atoms with Crippen molar-refractivity contribution in [2.75, 3.05) is 17.3 Å². The molecule has 1 saturated heterocycles. The lowest BCUT2D eigenvalue weighted by Crippen LogP contribution is -2.44. The van der Waals surface area contributed by atoms with Crippen LogP contribution in [0.2, 0.25) is 0 Å². The molecule has 7 heteroatoms. The van der Waals surface area contributed by atoms with Crippen LogP contribution in [0.25, 0.3) is 0 Å². The summed E-state index contributed by atoms with van der Waals surface area (Å²) in [7, 11) is -3.37. The summed E-state index contributed by atoms with van der Waals surface area (Å²) in [6.07, 6.45) is -0.410. The molecule has 136 valence electrons. The van der Waals surface area contributed by atoms with E-state index >= 15 is 0 Å². The first-order valence-electron chi connectivity index (χ1n) is 8.16. The summed E-state index contributed by atoms with van der Waals surface area (Å²) < 4.78 is 24.4. The highest BCUT2D eigenvalue weighted by atomic mass is 32.2. The lowest BCUT2D eigenvalue weighted by Gasteiger charge is -2.39. The Balaban J connectivity index is 1.95. The van der Waals surface area contributed by atoms with Crippen LogP contribution in [0, 0.1) is 5.92 Å². The van der Waals surface area contributed by atoms with Crippen LogP contribution in [0.5, 0.6) is 0 Å². The van der Waals surface area contributed by atoms with Gasteiger partial charge in [-0.3, -0.25) is 0 Å². The van der Waals surface area contributed by atoms with Crippen LogP contribution >= 0.6 is 23.5 Å². The predicted molar refractivity (Wildman–Crippen MR) is 102 cm³/mol. The number of benzene rings is 1. The molecule has 0 radical (unpaired) electrons. The summed E-state index contributed by atoms with van der Waals surface area (Å²) in [4.78, 5) is 0.303. The van der Waals surface area contributed by atoms with E-state index in [0.717, 1.165) is 17.9 Å². The second-order valence-corrected chi connectivity index (χ2v) is 11.9. The van der Waals surface area contributed by atoms with Gasteiger partial charge < -0.3 is 10.2 Å². The van der Waals surface area contributed by atoms with Gasteiger partial charge in [0.05, 0.1) is 20.8 Å². The van der Waals surface area contributed by atoms with Crippen LogP contribution < -0.4 is 0 Å². The summed E-state index contributed by atoms with van der Waals surface area (Å²) in [6, 6.07) is 8.36. The van der Waals surface area contributed by atoms with Gasteiger partial charge in [-0.05, 0) is 49.3 Å². The molecule has 3 atom stereocenters. The maximum atomic E-state index is 12.4. The van der Waals surface area contributed by atoms with E-state index in [2.05, 4.69) is 0 Å². The molecular formula is C17H26O4S3. The van der Waals surface area contributed by atoms with Crippen LogP contribution in [-0.4, -0.2) is 52.2 Å². The van der Waals surface area contributed by atoms with Gasteiger partial charge in [0.2, 0.25) is 0 Å². The predicted octanol–water partition coefficient (Wildman–Crippen LogP) is 2.79. The van der Waals surface area contributed by atoms with Gasteiger partial charge in [-0.2, -0.15) is 0 Å². The molecule has 2 N–H and O–H groups in total. The average Bonchev–Trinajstić information content (AvgIpc) is 2.55. The van der Waals surface area contributed by atoms with Crippen molar-refractivity contribution >= 4 is 33.4 Å². The molecular weight excluding hydrogens is 364 g/mol. The minimum atomic E-state index is -3.37.